The molecule has 0 radical (unpaired) electrons. The van der Waals surface area contributed by atoms with Crippen LogP contribution in [0.3, 0.4) is 0 Å². The third kappa shape index (κ3) is 2.38. The molecule has 17 heavy (non-hydrogen) atoms. The summed E-state index contributed by atoms with van der Waals surface area (Å²) < 4.78 is 6.00. The van der Waals surface area contributed by atoms with E-state index in [9.17, 15) is 0 Å². The summed E-state index contributed by atoms with van der Waals surface area (Å²) in [5.41, 5.74) is 6.14. The number of nitrogens with two attached hydrogens (primary N) is 1. The first-order valence-corrected chi connectivity index (χ1v) is 7.27. The predicted molar refractivity (Wildman–Crippen MR) is 68.9 cm³/mol. The Kier molecular flexibility index (Phi) is 3.18. The molecule has 0 bridgehead atoms. The van der Waals surface area contributed by atoms with Gasteiger partial charge in [-0.05, 0) is 57.9 Å². The fourth-order valence-electron chi connectivity index (χ4n) is 3.79. The van der Waals surface area contributed by atoms with Crippen molar-refractivity contribution in [2.45, 2.75) is 62.6 Å². The van der Waals surface area contributed by atoms with E-state index < -0.39 is 0 Å². The van der Waals surface area contributed by atoms with Gasteiger partial charge in [-0.1, -0.05) is 0 Å². The SMILES string of the molecule is CN(CC1CC(N)C1)C1CCOC2(CCC2)C1. The number of ether oxygens (including phenoxy) is 1. The second-order valence-electron chi connectivity index (χ2n) is 6.57. The second-order valence-corrected chi connectivity index (χ2v) is 6.57. The van der Waals surface area contributed by atoms with Gasteiger partial charge in [0, 0.05) is 25.2 Å². The number of rotatable bonds is 3. The molecule has 98 valence electrons. The maximum atomic E-state index is 6.00. The van der Waals surface area contributed by atoms with Gasteiger partial charge in [-0.15, -0.1) is 0 Å². The summed E-state index contributed by atoms with van der Waals surface area (Å²) in [7, 11) is 2.30. The van der Waals surface area contributed by atoms with Crippen LogP contribution in [0.2, 0.25) is 0 Å². The van der Waals surface area contributed by atoms with E-state index >= 15 is 0 Å². The van der Waals surface area contributed by atoms with E-state index in [0.717, 1.165) is 18.6 Å². The van der Waals surface area contributed by atoms with E-state index in [1.165, 1.54) is 51.5 Å². The Morgan fingerprint density at radius 2 is 2.12 bits per heavy atom. The zero-order chi connectivity index (χ0) is 11.9. The monoisotopic (exact) mass is 238 g/mol. The summed E-state index contributed by atoms with van der Waals surface area (Å²) in [5.74, 6) is 0.857. The molecule has 2 aliphatic carbocycles. The van der Waals surface area contributed by atoms with E-state index in [0.29, 0.717) is 6.04 Å². The summed E-state index contributed by atoms with van der Waals surface area (Å²) in [6.07, 6.45) is 8.92. The number of hydrogen-bond acceptors (Lipinski definition) is 3. The van der Waals surface area contributed by atoms with Crippen molar-refractivity contribution in [1.82, 2.24) is 4.90 Å². The summed E-state index contributed by atoms with van der Waals surface area (Å²) >= 11 is 0. The van der Waals surface area contributed by atoms with Crippen LogP contribution in [0.25, 0.3) is 0 Å². The van der Waals surface area contributed by atoms with Crippen LogP contribution in [0.5, 0.6) is 0 Å². The third-order valence-electron chi connectivity index (χ3n) is 5.17. The van der Waals surface area contributed by atoms with Crippen molar-refractivity contribution in [3.63, 3.8) is 0 Å². The Bertz CT molecular complexity index is 271. The Morgan fingerprint density at radius 3 is 2.71 bits per heavy atom. The van der Waals surface area contributed by atoms with Crippen molar-refractivity contribution in [1.29, 1.82) is 0 Å². The van der Waals surface area contributed by atoms with Crippen molar-refractivity contribution in [2.75, 3.05) is 20.2 Å². The van der Waals surface area contributed by atoms with Crippen LogP contribution in [0.1, 0.15) is 44.9 Å². The standard InChI is InChI=1S/C14H26N2O/c1-16(10-11-7-12(15)8-11)13-3-6-17-14(9-13)4-2-5-14/h11-13H,2-10,15H2,1H3. The lowest BCUT2D eigenvalue weighted by molar-refractivity contribution is -0.148. The van der Waals surface area contributed by atoms with Gasteiger partial charge in [0.15, 0.2) is 0 Å². The average Bonchev–Trinajstić information content (AvgIpc) is 2.25. The lowest BCUT2D eigenvalue weighted by Gasteiger charge is -2.50. The lowest BCUT2D eigenvalue weighted by atomic mass is 9.73. The molecular weight excluding hydrogens is 212 g/mol. The van der Waals surface area contributed by atoms with Crippen molar-refractivity contribution < 1.29 is 4.74 Å². The van der Waals surface area contributed by atoms with E-state index in [1.54, 1.807) is 0 Å². The lowest BCUT2D eigenvalue weighted by Crippen LogP contribution is -2.53. The van der Waals surface area contributed by atoms with Gasteiger partial charge in [-0.3, -0.25) is 0 Å². The Balaban J connectivity index is 1.49. The van der Waals surface area contributed by atoms with Gasteiger partial charge in [0.25, 0.3) is 0 Å². The summed E-state index contributed by atoms with van der Waals surface area (Å²) in [4.78, 5) is 2.58. The van der Waals surface area contributed by atoms with Gasteiger partial charge >= 0.3 is 0 Å². The van der Waals surface area contributed by atoms with E-state index in [1.807, 2.05) is 0 Å². The minimum absolute atomic E-state index is 0.285. The van der Waals surface area contributed by atoms with Gasteiger partial charge in [0.05, 0.1) is 5.60 Å². The average molecular weight is 238 g/mol. The molecular formula is C14H26N2O. The first kappa shape index (κ1) is 11.9. The van der Waals surface area contributed by atoms with Crippen LogP contribution in [-0.4, -0.2) is 42.8 Å². The highest BCUT2D eigenvalue weighted by molar-refractivity contribution is 4.97. The molecule has 1 saturated heterocycles. The highest BCUT2D eigenvalue weighted by Crippen LogP contribution is 2.43. The summed E-state index contributed by atoms with van der Waals surface area (Å²) in [6, 6.07) is 1.24. The quantitative estimate of drug-likeness (QED) is 0.814. The molecule has 1 spiro atoms. The molecule has 2 saturated carbocycles. The van der Waals surface area contributed by atoms with E-state index in [4.69, 9.17) is 10.5 Å². The molecule has 3 rings (SSSR count). The smallest absolute Gasteiger partial charge is 0.0697 e. The van der Waals surface area contributed by atoms with Crippen LogP contribution in [-0.2, 0) is 4.74 Å². The van der Waals surface area contributed by atoms with Gasteiger partial charge in [-0.25, -0.2) is 0 Å². The van der Waals surface area contributed by atoms with Gasteiger partial charge in [0.2, 0.25) is 0 Å². The van der Waals surface area contributed by atoms with Crippen molar-refractivity contribution in [3.05, 3.63) is 0 Å². The predicted octanol–water partition coefficient (Wildman–Crippen LogP) is 1.76. The molecule has 1 heterocycles. The molecule has 2 N–H and O–H groups in total. The van der Waals surface area contributed by atoms with E-state index in [2.05, 4.69) is 11.9 Å². The molecule has 0 aromatic heterocycles. The van der Waals surface area contributed by atoms with Crippen LogP contribution >= 0.6 is 0 Å². The van der Waals surface area contributed by atoms with Crippen LogP contribution < -0.4 is 5.73 Å². The highest BCUT2D eigenvalue weighted by Gasteiger charge is 2.43. The van der Waals surface area contributed by atoms with Gasteiger partial charge < -0.3 is 15.4 Å². The fourth-order valence-corrected chi connectivity index (χ4v) is 3.79. The zero-order valence-corrected chi connectivity index (χ0v) is 11.0. The Labute approximate surface area is 105 Å². The molecule has 0 aromatic carbocycles. The maximum Gasteiger partial charge on any atom is 0.0697 e. The second kappa shape index (κ2) is 4.52. The maximum absolute atomic E-state index is 6.00. The van der Waals surface area contributed by atoms with Gasteiger partial charge in [0.1, 0.15) is 0 Å². The normalized spacial score (nSPS) is 40.1. The minimum atomic E-state index is 0.285. The molecule has 0 aromatic rings. The molecule has 1 aliphatic heterocycles. The molecule has 0 amide bonds. The molecule has 3 aliphatic rings. The van der Waals surface area contributed by atoms with Crippen LogP contribution in [0, 0.1) is 5.92 Å². The van der Waals surface area contributed by atoms with Crippen LogP contribution in [0.15, 0.2) is 0 Å². The topological polar surface area (TPSA) is 38.5 Å². The van der Waals surface area contributed by atoms with Crippen molar-refractivity contribution >= 4 is 0 Å². The van der Waals surface area contributed by atoms with Crippen LogP contribution in [0.4, 0.5) is 0 Å². The Hall–Kier alpha value is -0.120. The molecule has 3 heteroatoms. The Morgan fingerprint density at radius 1 is 1.35 bits per heavy atom. The number of hydrogen-bond donors (Lipinski definition) is 1. The molecule has 1 unspecified atom stereocenters. The molecule has 1 atom stereocenters. The van der Waals surface area contributed by atoms with Crippen molar-refractivity contribution in [3.8, 4) is 0 Å². The summed E-state index contributed by atoms with van der Waals surface area (Å²) in [5, 5.41) is 0. The molecule has 3 fully saturated rings. The largest absolute Gasteiger partial charge is 0.375 e. The fraction of sp³-hybridized carbons (Fsp3) is 1.00. The minimum Gasteiger partial charge on any atom is -0.375 e. The highest BCUT2D eigenvalue weighted by atomic mass is 16.5. The zero-order valence-electron chi connectivity index (χ0n) is 11.0. The third-order valence-corrected chi connectivity index (χ3v) is 5.17. The number of nitrogens with zero attached hydrogens (tertiary/aromatic N) is 1. The summed E-state index contributed by atoms with van der Waals surface area (Å²) in [6.45, 7) is 2.22. The molecule has 3 nitrogen and oxygen atoms in total. The van der Waals surface area contributed by atoms with E-state index in [-0.39, 0.29) is 5.60 Å². The van der Waals surface area contributed by atoms with Gasteiger partial charge in [-0.2, -0.15) is 0 Å². The first-order valence-electron chi connectivity index (χ1n) is 7.27. The van der Waals surface area contributed by atoms with Crippen molar-refractivity contribution in [2.24, 2.45) is 11.7 Å². The first-order chi connectivity index (χ1) is 8.17.